The van der Waals surface area contributed by atoms with E-state index in [2.05, 4.69) is 100 Å². The summed E-state index contributed by atoms with van der Waals surface area (Å²) in [6.45, 7) is 10.2. The number of aliphatic hydroxyl groups excluding tert-OH is 1. The summed E-state index contributed by atoms with van der Waals surface area (Å²) in [6, 6.07) is 15.5. The van der Waals surface area contributed by atoms with Gasteiger partial charge in [0, 0.05) is 38.5 Å². The zero-order chi connectivity index (χ0) is 23.7. The number of aryl methyl sites for hydroxylation is 1. The zero-order valence-electron chi connectivity index (χ0n) is 20.9. The predicted octanol–water partition coefficient (Wildman–Crippen LogP) is 5.37. The molecular formula is C29H38N2O2. The van der Waals surface area contributed by atoms with Gasteiger partial charge in [0.1, 0.15) is 11.9 Å². The van der Waals surface area contributed by atoms with Gasteiger partial charge in [0.25, 0.3) is 0 Å². The SMILES string of the molecule is C/C=C(C)\C(=C(\C)N(C)C)c1ccc(O[C@H]2c3cc(C)ccc3C[C@@H]2N2CC[C@@H](O)C2)cc1. The van der Waals surface area contributed by atoms with Crippen LogP contribution in [0.2, 0.25) is 0 Å². The number of nitrogens with zero attached hydrogens (tertiary/aromatic N) is 2. The maximum absolute atomic E-state index is 10.1. The fourth-order valence-electron chi connectivity index (χ4n) is 5.17. The van der Waals surface area contributed by atoms with Crippen LogP contribution in [0.3, 0.4) is 0 Å². The smallest absolute Gasteiger partial charge is 0.140 e. The molecule has 1 N–H and O–H groups in total. The molecule has 1 saturated heterocycles. The summed E-state index contributed by atoms with van der Waals surface area (Å²) in [5.74, 6) is 0.892. The van der Waals surface area contributed by atoms with Gasteiger partial charge >= 0.3 is 0 Å². The van der Waals surface area contributed by atoms with Gasteiger partial charge in [-0.05, 0) is 74.9 Å². The third-order valence-electron chi connectivity index (χ3n) is 7.32. The largest absolute Gasteiger partial charge is 0.484 e. The van der Waals surface area contributed by atoms with Crippen molar-refractivity contribution in [3.8, 4) is 5.75 Å². The number of hydrogen-bond acceptors (Lipinski definition) is 4. The van der Waals surface area contributed by atoms with Gasteiger partial charge in [-0.15, -0.1) is 0 Å². The molecule has 2 aliphatic rings. The standard InChI is InChI=1S/C29H38N2O2/c1-7-20(3)28(21(4)30(5)6)22-10-12-25(13-11-22)33-29-26-16-19(2)8-9-23(26)17-27(29)31-15-14-24(32)18-31/h7-13,16,24,27,29,32H,14-15,17-18H2,1-6H3/b20-7-,28-21+/t24-,27+,29+/m1/s1. The summed E-state index contributed by atoms with van der Waals surface area (Å²) in [7, 11) is 4.18. The Morgan fingerprint density at radius 1 is 1.12 bits per heavy atom. The van der Waals surface area contributed by atoms with Crippen molar-refractivity contribution in [1.29, 1.82) is 0 Å². The Balaban J connectivity index is 1.63. The summed E-state index contributed by atoms with van der Waals surface area (Å²) in [5.41, 5.74) is 8.89. The van der Waals surface area contributed by atoms with Crippen LogP contribution in [0.25, 0.3) is 5.57 Å². The van der Waals surface area contributed by atoms with Crippen molar-refractivity contribution < 1.29 is 9.84 Å². The minimum Gasteiger partial charge on any atom is -0.484 e. The molecule has 4 nitrogen and oxygen atoms in total. The lowest BCUT2D eigenvalue weighted by Gasteiger charge is -2.30. The number of likely N-dealkylation sites (tertiary alicyclic amines) is 1. The van der Waals surface area contributed by atoms with Crippen LogP contribution < -0.4 is 4.74 Å². The molecule has 0 saturated carbocycles. The van der Waals surface area contributed by atoms with Crippen molar-refractivity contribution in [2.24, 2.45) is 0 Å². The second kappa shape index (κ2) is 9.74. The van der Waals surface area contributed by atoms with Crippen molar-refractivity contribution in [2.45, 2.75) is 58.8 Å². The molecule has 1 aliphatic carbocycles. The van der Waals surface area contributed by atoms with Crippen molar-refractivity contribution in [3.63, 3.8) is 0 Å². The minimum absolute atomic E-state index is 0.0214. The molecule has 2 aromatic rings. The lowest BCUT2D eigenvalue weighted by atomic mass is 9.96. The Bertz CT molecular complexity index is 1050. The summed E-state index contributed by atoms with van der Waals surface area (Å²) in [5, 5.41) is 10.1. The Hall–Kier alpha value is -2.56. The number of ether oxygens (including phenoxy) is 1. The van der Waals surface area contributed by atoms with Gasteiger partial charge in [-0.3, -0.25) is 4.90 Å². The van der Waals surface area contributed by atoms with E-state index in [1.807, 2.05) is 0 Å². The Labute approximate surface area is 199 Å². The first-order valence-electron chi connectivity index (χ1n) is 12.1. The normalized spacial score (nSPS) is 24.0. The number of hydrogen-bond donors (Lipinski definition) is 1. The molecule has 1 aliphatic heterocycles. The average Bonchev–Trinajstić information content (AvgIpc) is 3.38. The second-order valence-electron chi connectivity index (χ2n) is 9.80. The molecule has 0 aromatic heterocycles. The molecule has 0 bridgehead atoms. The lowest BCUT2D eigenvalue weighted by molar-refractivity contribution is 0.0818. The van der Waals surface area contributed by atoms with Crippen molar-refractivity contribution in [3.05, 3.63) is 82.1 Å². The van der Waals surface area contributed by atoms with Crippen LogP contribution in [0.5, 0.6) is 5.75 Å². The topological polar surface area (TPSA) is 35.9 Å². The first kappa shape index (κ1) is 23.6. The number of fused-ring (bicyclic) bond motifs is 1. The Morgan fingerprint density at radius 2 is 1.85 bits per heavy atom. The molecule has 0 spiro atoms. The van der Waals surface area contributed by atoms with E-state index in [4.69, 9.17) is 4.74 Å². The fourth-order valence-corrected chi connectivity index (χ4v) is 5.17. The first-order valence-corrected chi connectivity index (χ1v) is 12.1. The van der Waals surface area contributed by atoms with Crippen LogP contribution in [0.1, 0.15) is 55.5 Å². The average molecular weight is 447 g/mol. The van der Waals surface area contributed by atoms with Gasteiger partial charge in [-0.25, -0.2) is 0 Å². The van der Waals surface area contributed by atoms with Crippen LogP contribution in [-0.2, 0) is 6.42 Å². The van der Waals surface area contributed by atoms with Crippen molar-refractivity contribution >= 4 is 5.57 Å². The highest BCUT2D eigenvalue weighted by atomic mass is 16.5. The van der Waals surface area contributed by atoms with Crippen LogP contribution in [0.4, 0.5) is 0 Å². The molecule has 1 fully saturated rings. The van der Waals surface area contributed by atoms with Gasteiger partial charge in [0.2, 0.25) is 0 Å². The van der Waals surface area contributed by atoms with Crippen LogP contribution in [0, 0.1) is 6.92 Å². The molecule has 0 amide bonds. The zero-order valence-corrected chi connectivity index (χ0v) is 20.9. The minimum atomic E-state index is -0.226. The molecule has 0 unspecified atom stereocenters. The molecule has 0 radical (unpaired) electrons. The van der Waals surface area contributed by atoms with Gasteiger partial charge in [0.15, 0.2) is 0 Å². The maximum Gasteiger partial charge on any atom is 0.140 e. The molecule has 3 atom stereocenters. The molecule has 4 rings (SSSR count). The summed E-state index contributed by atoms with van der Waals surface area (Å²) in [6.07, 6.45) is 3.74. The maximum atomic E-state index is 10.1. The van der Waals surface area contributed by atoms with Crippen molar-refractivity contribution in [1.82, 2.24) is 9.80 Å². The van der Waals surface area contributed by atoms with Gasteiger partial charge in [-0.1, -0.05) is 42.0 Å². The van der Waals surface area contributed by atoms with Crippen molar-refractivity contribution in [2.75, 3.05) is 27.2 Å². The highest BCUT2D eigenvalue weighted by molar-refractivity contribution is 5.80. The molecule has 1 heterocycles. The van der Waals surface area contributed by atoms with Gasteiger partial charge in [-0.2, -0.15) is 0 Å². The summed E-state index contributed by atoms with van der Waals surface area (Å²) in [4.78, 5) is 4.58. The lowest BCUT2D eigenvalue weighted by Crippen LogP contribution is -2.39. The molecule has 176 valence electrons. The monoisotopic (exact) mass is 446 g/mol. The third-order valence-corrected chi connectivity index (χ3v) is 7.32. The molecule has 2 aromatic carbocycles. The van der Waals surface area contributed by atoms with E-state index in [1.165, 1.54) is 39.1 Å². The van der Waals surface area contributed by atoms with E-state index in [-0.39, 0.29) is 18.2 Å². The third kappa shape index (κ3) is 4.87. The summed E-state index contributed by atoms with van der Waals surface area (Å²) >= 11 is 0. The quantitative estimate of drug-likeness (QED) is 0.606. The molecule has 4 heteroatoms. The summed E-state index contributed by atoms with van der Waals surface area (Å²) < 4.78 is 6.68. The van der Waals surface area contributed by atoms with Crippen LogP contribution in [0.15, 0.2) is 59.8 Å². The van der Waals surface area contributed by atoms with Gasteiger partial charge in [0.05, 0.1) is 12.1 Å². The molecular weight excluding hydrogens is 408 g/mol. The highest BCUT2D eigenvalue weighted by Gasteiger charge is 2.40. The number of rotatable bonds is 6. The number of aliphatic hydroxyl groups is 1. The fraction of sp³-hybridized carbons (Fsp3) is 0.448. The van der Waals surface area contributed by atoms with E-state index in [9.17, 15) is 5.11 Å². The van der Waals surface area contributed by atoms with Crippen LogP contribution >= 0.6 is 0 Å². The number of β-amino-alcohol motifs (C(OH)–C–C–N with tert-alkyl or cyclic N) is 1. The predicted molar refractivity (Wildman–Crippen MR) is 136 cm³/mol. The number of benzene rings is 2. The van der Waals surface area contributed by atoms with E-state index in [0.717, 1.165) is 31.7 Å². The highest BCUT2D eigenvalue weighted by Crippen LogP contribution is 2.40. The van der Waals surface area contributed by atoms with Crippen LogP contribution in [-0.4, -0.2) is 54.2 Å². The Morgan fingerprint density at radius 3 is 2.45 bits per heavy atom. The number of allylic oxidation sites excluding steroid dienone is 4. The molecule has 33 heavy (non-hydrogen) atoms. The second-order valence-corrected chi connectivity index (χ2v) is 9.80. The Kier molecular flexibility index (Phi) is 6.96. The van der Waals surface area contributed by atoms with E-state index in [0.29, 0.717) is 0 Å². The first-order chi connectivity index (χ1) is 15.8. The van der Waals surface area contributed by atoms with E-state index < -0.39 is 0 Å². The van der Waals surface area contributed by atoms with E-state index in [1.54, 1.807) is 0 Å². The van der Waals surface area contributed by atoms with Gasteiger partial charge < -0.3 is 14.7 Å². The van der Waals surface area contributed by atoms with E-state index >= 15 is 0 Å².